The Morgan fingerprint density at radius 1 is 1.22 bits per heavy atom. The van der Waals surface area contributed by atoms with Crippen LogP contribution in [0, 0.1) is 6.92 Å². The van der Waals surface area contributed by atoms with E-state index in [-0.39, 0.29) is 6.03 Å². The summed E-state index contributed by atoms with van der Waals surface area (Å²) in [6.07, 6.45) is 3.24. The van der Waals surface area contributed by atoms with Gasteiger partial charge in [0.15, 0.2) is 0 Å². The molecule has 0 radical (unpaired) electrons. The Morgan fingerprint density at radius 2 is 2.00 bits per heavy atom. The molecule has 0 unspecified atom stereocenters. The Labute approximate surface area is 114 Å². The van der Waals surface area contributed by atoms with Crippen molar-refractivity contribution in [2.24, 2.45) is 0 Å². The fourth-order valence-electron chi connectivity index (χ4n) is 1.45. The van der Waals surface area contributed by atoms with Crippen molar-refractivity contribution in [1.29, 1.82) is 0 Å². The summed E-state index contributed by atoms with van der Waals surface area (Å²) in [5.41, 5.74) is 2.47. The summed E-state index contributed by atoms with van der Waals surface area (Å²) in [5.74, 6) is 0. The lowest BCUT2D eigenvalue weighted by Crippen LogP contribution is -2.19. The molecule has 1 aromatic carbocycles. The van der Waals surface area contributed by atoms with Crippen LogP contribution in [0.15, 0.2) is 47.2 Å². The normalized spacial score (nSPS) is 9.89. The lowest BCUT2D eigenvalue weighted by Gasteiger charge is -2.08. The number of aromatic nitrogens is 1. The van der Waals surface area contributed by atoms with E-state index in [1.165, 1.54) is 0 Å². The van der Waals surface area contributed by atoms with Gasteiger partial charge in [0.05, 0.1) is 11.9 Å². The van der Waals surface area contributed by atoms with Crippen molar-refractivity contribution in [3.05, 3.63) is 52.8 Å². The van der Waals surface area contributed by atoms with Crippen LogP contribution in [0.2, 0.25) is 0 Å². The van der Waals surface area contributed by atoms with E-state index >= 15 is 0 Å². The molecule has 0 fully saturated rings. The average Bonchev–Trinajstić information content (AvgIpc) is 2.35. The number of pyridine rings is 1. The fraction of sp³-hybridized carbons (Fsp3) is 0.0769. The van der Waals surface area contributed by atoms with Crippen molar-refractivity contribution in [3.8, 4) is 0 Å². The topological polar surface area (TPSA) is 54.0 Å². The second-order valence-electron chi connectivity index (χ2n) is 3.78. The Hall–Kier alpha value is -1.88. The van der Waals surface area contributed by atoms with E-state index in [2.05, 4.69) is 31.5 Å². The molecule has 92 valence electrons. The number of carbonyl (C=O) groups is 1. The molecule has 2 aromatic rings. The number of aryl methyl sites for hydroxylation is 1. The van der Waals surface area contributed by atoms with Crippen molar-refractivity contribution < 1.29 is 4.79 Å². The maximum absolute atomic E-state index is 11.7. The molecule has 1 heterocycles. The van der Waals surface area contributed by atoms with Crippen LogP contribution < -0.4 is 10.6 Å². The summed E-state index contributed by atoms with van der Waals surface area (Å²) < 4.78 is 1.01. The van der Waals surface area contributed by atoms with E-state index < -0.39 is 0 Å². The van der Waals surface area contributed by atoms with Crippen LogP contribution in [0.5, 0.6) is 0 Å². The minimum atomic E-state index is -0.287. The largest absolute Gasteiger partial charge is 0.323 e. The van der Waals surface area contributed by atoms with Gasteiger partial charge >= 0.3 is 6.03 Å². The minimum absolute atomic E-state index is 0.287. The van der Waals surface area contributed by atoms with Crippen LogP contribution in [0.4, 0.5) is 16.2 Å². The zero-order chi connectivity index (χ0) is 13.0. The number of hydrogen-bond donors (Lipinski definition) is 2. The number of nitrogens with one attached hydrogen (secondary N) is 2. The van der Waals surface area contributed by atoms with Gasteiger partial charge in [-0.1, -0.05) is 15.9 Å². The van der Waals surface area contributed by atoms with Gasteiger partial charge in [-0.15, -0.1) is 0 Å². The van der Waals surface area contributed by atoms with E-state index in [1.807, 2.05) is 25.1 Å². The standard InChI is InChI=1S/C13H12BrN3O/c1-9-7-10(4-5-12(9)14)16-13(18)17-11-3-2-6-15-8-11/h2-8H,1H3,(H2,16,17,18). The van der Waals surface area contributed by atoms with Crippen molar-refractivity contribution in [1.82, 2.24) is 4.98 Å². The van der Waals surface area contributed by atoms with Crippen molar-refractivity contribution in [3.63, 3.8) is 0 Å². The Bertz CT molecular complexity index is 557. The number of carbonyl (C=O) groups excluding carboxylic acids is 1. The molecule has 0 saturated heterocycles. The lowest BCUT2D eigenvalue weighted by atomic mass is 10.2. The SMILES string of the molecule is Cc1cc(NC(=O)Nc2cccnc2)ccc1Br. The molecule has 18 heavy (non-hydrogen) atoms. The quantitative estimate of drug-likeness (QED) is 0.886. The first-order valence-electron chi connectivity index (χ1n) is 5.39. The molecule has 1 aromatic heterocycles. The van der Waals surface area contributed by atoms with Gasteiger partial charge in [0, 0.05) is 16.4 Å². The van der Waals surface area contributed by atoms with Crippen LogP contribution in [0.3, 0.4) is 0 Å². The van der Waals surface area contributed by atoms with Crippen molar-refractivity contribution in [2.45, 2.75) is 6.92 Å². The number of benzene rings is 1. The molecular formula is C13H12BrN3O. The molecule has 0 bridgehead atoms. The molecular weight excluding hydrogens is 294 g/mol. The molecule has 2 amide bonds. The number of nitrogens with zero attached hydrogens (tertiary/aromatic N) is 1. The summed E-state index contributed by atoms with van der Waals surface area (Å²) in [7, 11) is 0. The second-order valence-corrected chi connectivity index (χ2v) is 4.64. The van der Waals surface area contributed by atoms with Gasteiger partial charge in [0.2, 0.25) is 0 Å². The van der Waals surface area contributed by atoms with E-state index in [9.17, 15) is 4.79 Å². The van der Waals surface area contributed by atoms with Crippen LogP contribution in [0.25, 0.3) is 0 Å². The molecule has 2 rings (SSSR count). The van der Waals surface area contributed by atoms with Gasteiger partial charge in [0.1, 0.15) is 0 Å². The summed E-state index contributed by atoms with van der Waals surface area (Å²) in [6.45, 7) is 1.97. The third-order valence-electron chi connectivity index (χ3n) is 2.34. The number of halogens is 1. The van der Waals surface area contributed by atoms with Crippen LogP contribution in [0.1, 0.15) is 5.56 Å². The first kappa shape index (κ1) is 12.6. The highest BCUT2D eigenvalue weighted by Crippen LogP contribution is 2.20. The van der Waals surface area contributed by atoms with E-state index in [0.29, 0.717) is 5.69 Å². The van der Waals surface area contributed by atoms with Crippen molar-refractivity contribution in [2.75, 3.05) is 10.6 Å². The summed E-state index contributed by atoms with van der Waals surface area (Å²) in [5, 5.41) is 5.46. The Balaban J connectivity index is 2.01. The molecule has 5 heteroatoms. The highest BCUT2D eigenvalue weighted by atomic mass is 79.9. The molecule has 0 aliphatic rings. The summed E-state index contributed by atoms with van der Waals surface area (Å²) in [6, 6.07) is 8.88. The molecule has 0 spiro atoms. The van der Waals surface area contributed by atoms with Crippen molar-refractivity contribution >= 4 is 33.3 Å². The number of hydrogen-bond acceptors (Lipinski definition) is 2. The van der Waals surface area contributed by atoms with Gasteiger partial charge in [0.25, 0.3) is 0 Å². The Kier molecular flexibility index (Phi) is 3.94. The monoisotopic (exact) mass is 305 g/mol. The third kappa shape index (κ3) is 3.30. The minimum Gasteiger partial charge on any atom is -0.308 e. The highest BCUT2D eigenvalue weighted by molar-refractivity contribution is 9.10. The zero-order valence-electron chi connectivity index (χ0n) is 9.77. The van der Waals surface area contributed by atoms with Gasteiger partial charge in [-0.25, -0.2) is 4.79 Å². The van der Waals surface area contributed by atoms with Gasteiger partial charge in [-0.3, -0.25) is 4.98 Å². The number of anilines is 2. The van der Waals surface area contributed by atoms with Gasteiger partial charge in [-0.05, 0) is 42.8 Å². The third-order valence-corrected chi connectivity index (χ3v) is 3.22. The predicted molar refractivity (Wildman–Crippen MR) is 75.8 cm³/mol. The van der Waals surface area contributed by atoms with Crippen LogP contribution in [-0.2, 0) is 0 Å². The molecule has 0 aliphatic carbocycles. The smallest absolute Gasteiger partial charge is 0.308 e. The number of amides is 2. The zero-order valence-corrected chi connectivity index (χ0v) is 11.4. The van der Waals surface area contributed by atoms with Gasteiger partial charge < -0.3 is 10.6 Å². The number of rotatable bonds is 2. The maximum Gasteiger partial charge on any atom is 0.323 e. The summed E-state index contributed by atoms with van der Waals surface area (Å²) in [4.78, 5) is 15.6. The molecule has 0 atom stereocenters. The van der Waals surface area contributed by atoms with Gasteiger partial charge in [-0.2, -0.15) is 0 Å². The maximum atomic E-state index is 11.7. The molecule has 0 saturated carbocycles. The first-order valence-corrected chi connectivity index (χ1v) is 6.18. The van der Waals surface area contributed by atoms with E-state index in [0.717, 1.165) is 15.7 Å². The predicted octanol–water partition coefficient (Wildman–Crippen LogP) is 3.80. The molecule has 2 N–H and O–H groups in total. The molecule has 0 aliphatic heterocycles. The first-order chi connectivity index (χ1) is 8.65. The van der Waals surface area contributed by atoms with Crippen LogP contribution >= 0.6 is 15.9 Å². The highest BCUT2D eigenvalue weighted by Gasteiger charge is 2.03. The number of urea groups is 1. The lowest BCUT2D eigenvalue weighted by molar-refractivity contribution is 0.262. The van der Waals surface area contributed by atoms with E-state index in [1.54, 1.807) is 24.5 Å². The second kappa shape index (κ2) is 5.64. The fourth-order valence-corrected chi connectivity index (χ4v) is 1.70. The van der Waals surface area contributed by atoms with E-state index in [4.69, 9.17) is 0 Å². The van der Waals surface area contributed by atoms with Crippen LogP contribution in [-0.4, -0.2) is 11.0 Å². The average molecular weight is 306 g/mol. The Morgan fingerprint density at radius 3 is 2.67 bits per heavy atom. The molecule has 4 nitrogen and oxygen atoms in total. The summed E-state index contributed by atoms with van der Waals surface area (Å²) >= 11 is 3.41.